The van der Waals surface area contributed by atoms with Crippen molar-refractivity contribution >= 4 is 15.2 Å². The first-order valence-corrected chi connectivity index (χ1v) is 13.0. The summed E-state index contributed by atoms with van der Waals surface area (Å²) >= 11 is 0. The normalized spacial score (nSPS) is 12.6. The van der Waals surface area contributed by atoms with Crippen LogP contribution in [0.3, 0.4) is 0 Å². The van der Waals surface area contributed by atoms with Crippen molar-refractivity contribution in [2.75, 3.05) is 33.0 Å². The van der Waals surface area contributed by atoms with Crippen LogP contribution in [0.5, 0.6) is 11.5 Å². The number of hydrogen-bond acceptors (Lipinski definition) is 9. The summed E-state index contributed by atoms with van der Waals surface area (Å²) in [6.45, 7) is 7.46. The molecule has 0 saturated heterocycles. The lowest BCUT2D eigenvalue weighted by atomic mass is 10.1. The topological polar surface area (TPSA) is 124 Å². The summed E-state index contributed by atoms with van der Waals surface area (Å²) in [5, 5.41) is 22.0. The van der Waals surface area contributed by atoms with E-state index in [0.29, 0.717) is 19.4 Å². The highest BCUT2D eigenvalue weighted by Crippen LogP contribution is 2.69. The number of benzene rings is 1. The first kappa shape index (κ1) is 26.1. The minimum atomic E-state index is -3.83. The smallest absolute Gasteiger partial charge is 0.359 e. The van der Waals surface area contributed by atoms with Crippen molar-refractivity contribution in [3.05, 3.63) is 23.8 Å². The van der Waals surface area contributed by atoms with E-state index in [0.717, 1.165) is 5.56 Å². The quantitative estimate of drug-likeness (QED) is 0.201. The summed E-state index contributed by atoms with van der Waals surface area (Å²) in [5.41, 5.74) is -0.447. The molecule has 0 aliphatic rings. The second-order valence-electron chi connectivity index (χ2n) is 6.01. The van der Waals surface area contributed by atoms with Crippen molar-refractivity contribution in [2.45, 2.75) is 46.1 Å². The van der Waals surface area contributed by atoms with Gasteiger partial charge in [-0.2, -0.15) is 0 Å². The van der Waals surface area contributed by atoms with Gasteiger partial charge in [-0.1, -0.05) is 6.07 Å². The number of aromatic hydroxyl groups is 2. The van der Waals surface area contributed by atoms with Gasteiger partial charge in [0.2, 0.25) is 5.52 Å². The Morgan fingerprint density at radius 1 is 0.862 bits per heavy atom. The zero-order valence-electron chi connectivity index (χ0n) is 17.5. The Hall–Kier alpha value is -0.920. The van der Waals surface area contributed by atoms with Crippen molar-refractivity contribution in [2.24, 2.45) is 0 Å². The van der Waals surface area contributed by atoms with Gasteiger partial charge in [-0.05, 0) is 64.8 Å². The SMILES string of the molecule is CCOP(=O)(OCC)C(NCCCc1ccc(O)c(O)c1)P(=O)(OCC)OCC. The molecule has 0 saturated carbocycles. The number of hydrogen-bond donors (Lipinski definition) is 3. The molecular weight excluding hydrogens is 420 g/mol. The van der Waals surface area contributed by atoms with E-state index < -0.39 is 20.7 Å². The molecule has 0 bridgehead atoms. The Morgan fingerprint density at radius 3 is 1.76 bits per heavy atom. The molecule has 1 aromatic rings. The Morgan fingerprint density at radius 2 is 1.34 bits per heavy atom. The molecule has 0 unspecified atom stereocenters. The molecule has 0 radical (unpaired) electrons. The van der Waals surface area contributed by atoms with Gasteiger partial charge < -0.3 is 28.3 Å². The number of phenols is 2. The van der Waals surface area contributed by atoms with Crippen LogP contribution < -0.4 is 5.32 Å². The van der Waals surface area contributed by atoms with Gasteiger partial charge in [0.15, 0.2) is 11.5 Å². The van der Waals surface area contributed by atoms with Crippen LogP contribution in [0.15, 0.2) is 18.2 Å². The van der Waals surface area contributed by atoms with Crippen molar-refractivity contribution in [3.8, 4) is 11.5 Å². The molecule has 11 heteroatoms. The molecule has 0 heterocycles. The molecule has 0 amide bonds. The standard InChI is InChI=1S/C18H33NO8P2/c1-5-24-28(22,25-6-2)18(29(23,26-7-3)27-8-4)19-13-9-10-15-11-12-16(20)17(21)14-15/h11-12,14,18-21H,5-10,13H2,1-4H3. The molecule has 29 heavy (non-hydrogen) atoms. The van der Waals surface area contributed by atoms with E-state index >= 15 is 0 Å². The van der Waals surface area contributed by atoms with Crippen molar-refractivity contribution in [3.63, 3.8) is 0 Å². The Labute approximate surface area is 172 Å². The van der Waals surface area contributed by atoms with Gasteiger partial charge in [-0.3, -0.25) is 14.4 Å². The molecule has 168 valence electrons. The molecule has 0 spiro atoms. The lowest BCUT2D eigenvalue weighted by molar-refractivity contribution is 0.190. The maximum atomic E-state index is 13.4. The Balaban J connectivity index is 2.96. The Kier molecular flexibility index (Phi) is 11.4. The predicted molar refractivity (Wildman–Crippen MR) is 112 cm³/mol. The summed E-state index contributed by atoms with van der Waals surface area (Å²) in [5.74, 6) is -0.376. The average molecular weight is 453 g/mol. The average Bonchev–Trinajstić information content (AvgIpc) is 2.65. The number of rotatable bonds is 15. The van der Waals surface area contributed by atoms with Crippen LogP contribution in [0.25, 0.3) is 0 Å². The number of aryl methyl sites for hydroxylation is 1. The van der Waals surface area contributed by atoms with Crippen molar-refractivity contribution in [1.29, 1.82) is 0 Å². The maximum absolute atomic E-state index is 13.4. The van der Waals surface area contributed by atoms with Gasteiger partial charge in [0.1, 0.15) is 0 Å². The lowest BCUT2D eigenvalue weighted by Gasteiger charge is -2.31. The van der Waals surface area contributed by atoms with Gasteiger partial charge in [-0.15, -0.1) is 0 Å². The third kappa shape index (κ3) is 7.68. The molecule has 0 aliphatic heterocycles. The minimum absolute atomic E-state index is 0.112. The highest BCUT2D eigenvalue weighted by Gasteiger charge is 2.50. The zero-order chi connectivity index (χ0) is 21.9. The van der Waals surface area contributed by atoms with Gasteiger partial charge in [0.25, 0.3) is 0 Å². The summed E-state index contributed by atoms with van der Waals surface area (Å²) in [4.78, 5) is 0. The fourth-order valence-electron chi connectivity index (χ4n) is 2.72. The van der Waals surface area contributed by atoms with Crippen LogP contribution in [0.4, 0.5) is 0 Å². The highest BCUT2D eigenvalue weighted by molar-refractivity contribution is 7.72. The van der Waals surface area contributed by atoms with Gasteiger partial charge in [-0.25, -0.2) is 0 Å². The van der Waals surface area contributed by atoms with E-state index in [1.807, 2.05) is 0 Å². The second kappa shape index (κ2) is 12.7. The zero-order valence-corrected chi connectivity index (χ0v) is 19.3. The van der Waals surface area contributed by atoms with E-state index in [1.54, 1.807) is 33.8 Å². The second-order valence-corrected chi connectivity index (χ2v) is 10.6. The molecular formula is C18H33NO8P2. The Bertz CT molecular complexity index is 665. The molecule has 1 rings (SSSR count). The third-order valence-electron chi connectivity index (χ3n) is 3.84. The van der Waals surface area contributed by atoms with Crippen LogP contribution in [0, 0.1) is 0 Å². The fourth-order valence-corrected chi connectivity index (χ4v) is 7.77. The minimum Gasteiger partial charge on any atom is -0.504 e. The summed E-state index contributed by atoms with van der Waals surface area (Å²) < 4.78 is 48.3. The molecule has 3 N–H and O–H groups in total. The van der Waals surface area contributed by atoms with Crippen LogP contribution in [-0.4, -0.2) is 48.7 Å². The van der Waals surface area contributed by atoms with Crippen molar-refractivity contribution < 1.29 is 37.4 Å². The van der Waals surface area contributed by atoms with Crippen LogP contribution in [0.1, 0.15) is 39.7 Å². The maximum Gasteiger partial charge on any atom is 0.359 e. The first-order chi connectivity index (χ1) is 13.8. The monoisotopic (exact) mass is 453 g/mol. The van der Waals surface area contributed by atoms with E-state index in [-0.39, 0.29) is 37.9 Å². The summed E-state index contributed by atoms with van der Waals surface area (Å²) in [7, 11) is -7.67. The van der Waals surface area contributed by atoms with Crippen LogP contribution in [0.2, 0.25) is 0 Å². The largest absolute Gasteiger partial charge is 0.504 e. The number of nitrogens with one attached hydrogen (secondary N) is 1. The van der Waals surface area contributed by atoms with Gasteiger partial charge in [0.05, 0.1) is 26.4 Å². The fraction of sp³-hybridized carbons (Fsp3) is 0.667. The number of phenolic OH excluding ortho intramolecular Hbond substituents is 2. The van der Waals surface area contributed by atoms with Crippen LogP contribution in [-0.2, 0) is 33.6 Å². The van der Waals surface area contributed by atoms with Gasteiger partial charge in [0, 0.05) is 0 Å². The van der Waals surface area contributed by atoms with E-state index in [2.05, 4.69) is 5.32 Å². The molecule has 0 aromatic heterocycles. The summed E-state index contributed by atoms with van der Waals surface area (Å²) in [6, 6.07) is 4.59. The van der Waals surface area contributed by atoms with E-state index in [4.69, 9.17) is 18.1 Å². The van der Waals surface area contributed by atoms with Crippen molar-refractivity contribution in [1.82, 2.24) is 5.32 Å². The van der Waals surface area contributed by atoms with E-state index in [9.17, 15) is 19.3 Å². The predicted octanol–water partition coefficient (Wildman–Crippen LogP) is 4.44. The van der Waals surface area contributed by atoms with Crippen LogP contribution >= 0.6 is 15.2 Å². The highest BCUT2D eigenvalue weighted by atomic mass is 31.2. The molecule has 0 atom stereocenters. The molecule has 0 fully saturated rings. The molecule has 9 nitrogen and oxygen atoms in total. The van der Waals surface area contributed by atoms with Gasteiger partial charge >= 0.3 is 15.2 Å². The molecule has 1 aromatic carbocycles. The first-order valence-electron chi connectivity index (χ1n) is 9.78. The van der Waals surface area contributed by atoms with E-state index in [1.165, 1.54) is 12.1 Å². The molecule has 0 aliphatic carbocycles. The summed E-state index contributed by atoms with van der Waals surface area (Å²) in [6.07, 6.45) is 1.13. The third-order valence-corrected chi connectivity index (χ3v) is 9.58. The lowest BCUT2D eigenvalue weighted by Crippen LogP contribution is -2.33.